The minimum Gasteiger partial charge on any atom is -0.352 e. The van der Waals surface area contributed by atoms with Gasteiger partial charge in [0.05, 0.1) is 11.4 Å². The largest absolute Gasteiger partial charge is 0.352 e. The molecule has 1 atom stereocenters. The lowest BCUT2D eigenvalue weighted by molar-refractivity contribution is -0.122. The van der Waals surface area contributed by atoms with Crippen molar-refractivity contribution in [1.82, 2.24) is 9.62 Å². The SMILES string of the molecule is CC1Cc2cc(S(=O)(=O)N(C)CC(=O)NC3CCCCC3)ccc2N1C(=O)C1CC1. The summed E-state index contributed by atoms with van der Waals surface area (Å²) in [6.45, 7) is 1.80. The minimum atomic E-state index is -3.79. The fraction of sp³-hybridized carbons (Fsp3) is 0.636. The Labute approximate surface area is 178 Å². The number of carbonyl (C=O) groups is 2. The van der Waals surface area contributed by atoms with E-state index in [0.717, 1.165) is 54.1 Å². The van der Waals surface area contributed by atoms with Crippen LogP contribution in [0.3, 0.4) is 0 Å². The standard InChI is InChI=1S/C22H31N3O4S/c1-15-12-17-13-19(10-11-20(17)25(15)22(27)16-8-9-16)30(28,29)24(2)14-21(26)23-18-6-4-3-5-7-18/h10-11,13,15-16,18H,3-9,12,14H2,1-2H3,(H,23,26). The summed E-state index contributed by atoms with van der Waals surface area (Å²) >= 11 is 0. The van der Waals surface area contributed by atoms with Crippen LogP contribution in [0.4, 0.5) is 5.69 Å². The molecule has 1 aromatic rings. The van der Waals surface area contributed by atoms with Gasteiger partial charge in [-0.2, -0.15) is 4.31 Å². The van der Waals surface area contributed by atoms with Crippen molar-refractivity contribution < 1.29 is 18.0 Å². The van der Waals surface area contributed by atoms with Crippen LogP contribution in [0.2, 0.25) is 0 Å². The number of amides is 2. The number of benzene rings is 1. The molecule has 30 heavy (non-hydrogen) atoms. The van der Waals surface area contributed by atoms with Crippen LogP contribution in [0.5, 0.6) is 0 Å². The lowest BCUT2D eigenvalue weighted by atomic mass is 9.95. The van der Waals surface area contributed by atoms with E-state index in [-0.39, 0.29) is 41.3 Å². The van der Waals surface area contributed by atoms with Gasteiger partial charge in [0.25, 0.3) is 0 Å². The van der Waals surface area contributed by atoms with Crippen molar-refractivity contribution in [1.29, 1.82) is 0 Å². The third kappa shape index (κ3) is 4.25. The third-order valence-electron chi connectivity index (χ3n) is 6.48. The fourth-order valence-electron chi connectivity index (χ4n) is 4.62. The van der Waals surface area contributed by atoms with Crippen LogP contribution in [0.1, 0.15) is 57.4 Å². The highest BCUT2D eigenvalue weighted by Crippen LogP contribution is 2.39. The van der Waals surface area contributed by atoms with Crippen LogP contribution in [-0.2, 0) is 26.0 Å². The zero-order chi connectivity index (χ0) is 21.5. The van der Waals surface area contributed by atoms with E-state index in [9.17, 15) is 18.0 Å². The predicted molar refractivity (Wildman–Crippen MR) is 115 cm³/mol. The molecule has 0 spiro atoms. The molecule has 164 valence electrons. The number of sulfonamides is 1. The summed E-state index contributed by atoms with van der Waals surface area (Å²) in [5, 5.41) is 2.97. The number of nitrogens with zero attached hydrogens (tertiary/aromatic N) is 2. The monoisotopic (exact) mass is 433 g/mol. The van der Waals surface area contributed by atoms with E-state index in [4.69, 9.17) is 0 Å². The van der Waals surface area contributed by atoms with E-state index in [1.807, 2.05) is 11.8 Å². The van der Waals surface area contributed by atoms with Crippen molar-refractivity contribution in [2.45, 2.75) is 75.3 Å². The van der Waals surface area contributed by atoms with E-state index in [1.54, 1.807) is 18.2 Å². The molecule has 2 amide bonds. The Morgan fingerprint density at radius 3 is 2.50 bits per heavy atom. The molecule has 1 aliphatic heterocycles. The number of anilines is 1. The maximum absolute atomic E-state index is 13.0. The molecule has 1 N–H and O–H groups in total. The number of hydrogen-bond acceptors (Lipinski definition) is 4. The summed E-state index contributed by atoms with van der Waals surface area (Å²) in [4.78, 5) is 27.0. The Bertz CT molecular complexity index is 936. The zero-order valence-corrected chi connectivity index (χ0v) is 18.6. The Hall–Kier alpha value is -1.93. The molecular formula is C22H31N3O4S. The van der Waals surface area contributed by atoms with E-state index < -0.39 is 10.0 Å². The predicted octanol–water partition coefficient (Wildman–Crippen LogP) is 2.44. The van der Waals surface area contributed by atoms with E-state index >= 15 is 0 Å². The molecule has 1 aromatic carbocycles. The van der Waals surface area contributed by atoms with Crippen LogP contribution in [0.15, 0.2) is 23.1 Å². The number of nitrogens with one attached hydrogen (secondary N) is 1. The molecule has 3 aliphatic rings. The van der Waals surface area contributed by atoms with Crippen molar-refractivity contribution in [2.75, 3.05) is 18.5 Å². The van der Waals surface area contributed by atoms with Crippen LogP contribution >= 0.6 is 0 Å². The van der Waals surface area contributed by atoms with Gasteiger partial charge in [0.1, 0.15) is 0 Å². The maximum atomic E-state index is 13.0. The highest BCUT2D eigenvalue weighted by atomic mass is 32.2. The summed E-state index contributed by atoms with van der Waals surface area (Å²) in [5.74, 6) is 0.00735. The van der Waals surface area contributed by atoms with Crippen LogP contribution in [-0.4, -0.2) is 50.2 Å². The third-order valence-corrected chi connectivity index (χ3v) is 8.27. The molecule has 0 bridgehead atoms. The van der Waals surface area contributed by atoms with Crippen LogP contribution < -0.4 is 10.2 Å². The van der Waals surface area contributed by atoms with E-state index in [2.05, 4.69) is 5.32 Å². The molecule has 1 heterocycles. The lowest BCUT2D eigenvalue weighted by Gasteiger charge is -2.24. The van der Waals surface area contributed by atoms with Crippen molar-refractivity contribution in [2.24, 2.45) is 5.92 Å². The Balaban J connectivity index is 1.45. The fourth-order valence-corrected chi connectivity index (χ4v) is 5.80. The first-order valence-corrected chi connectivity index (χ1v) is 12.4. The Morgan fingerprint density at radius 1 is 1.13 bits per heavy atom. The van der Waals surface area contributed by atoms with Gasteiger partial charge >= 0.3 is 0 Å². The number of likely N-dealkylation sites (N-methyl/N-ethyl adjacent to an activating group) is 1. The van der Waals surface area contributed by atoms with E-state index in [1.165, 1.54) is 13.5 Å². The van der Waals surface area contributed by atoms with Crippen molar-refractivity contribution in [3.63, 3.8) is 0 Å². The maximum Gasteiger partial charge on any atom is 0.243 e. The topological polar surface area (TPSA) is 86.8 Å². The van der Waals surface area contributed by atoms with Crippen molar-refractivity contribution in [3.05, 3.63) is 23.8 Å². The quantitative estimate of drug-likeness (QED) is 0.747. The molecule has 2 saturated carbocycles. The van der Waals surface area contributed by atoms with Gasteiger partial charge in [-0.05, 0) is 62.8 Å². The van der Waals surface area contributed by atoms with E-state index in [0.29, 0.717) is 6.42 Å². The minimum absolute atomic E-state index is 0.0325. The highest BCUT2D eigenvalue weighted by Gasteiger charge is 2.40. The summed E-state index contributed by atoms with van der Waals surface area (Å²) in [7, 11) is -2.35. The van der Waals surface area contributed by atoms with Gasteiger partial charge in [0, 0.05) is 30.7 Å². The van der Waals surface area contributed by atoms with Crippen molar-refractivity contribution >= 4 is 27.5 Å². The second-order valence-electron chi connectivity index (χ2n) is 8.99. The van der Waals surface area contributed by atoms with Gasteiger partial charge in [-0.25, -0.2) is 8.42 Å². The number of hydrogen-bond donors (Lipinski definition) is 1. The van der Waals surface area contributed by atoms with Crippen molar-refractivity contribution in [3.8, 4) is 0 Å². The van der Waals surface area contributed by atoms with Gasteiger partial charge in [-0.15, -0.1) is 0 Å². The molecule has 2 fully saturated rings. The molecule has 7 nitrogen and oxygen atoms in total. The summed E-state index contributed by atoms with van der Waals surface area (Å²) in [5.41, 5.74) is 1.69. The first-order chi connectivity index (χ1) is 14.3. The van der Waals surface area contributed by atoms with Gasteiger partial charge in [0.15, 0.2) is 0 Å². The zero-order valence-electron chi connectivity index (χ0n) is 17.8. The molecule has 1 unspecified atom stereocenters. The Kier molecular flexibility index (Phi) is 5.90. The lowest BCUT2D eigenvalue weighted by Crippen LogP contribution is -2.43. The molecule has 0 saturated heterocycles. The number of rotatable bonds is 6. The van der Waals surface area contributed by atoms with Gasteiger partial charge in [-0.1, -0.05) is 19.3 Å². The van der Waals surface area contributed by atoms with Gasteiger partial charge in [0.2, 0.25) is 21.8 Å². The van der Waals surface area contributed by atoms with Gasteiger partial charge < -0.3 is 10.2 Å². The van der Waals surface area contributed by atoms with Gasteiger partial charge in [-0.3, -0.25) is 9.59 Å². The highest BCUT2D eigenvalue weighted by molar-refractivity contribution is 7.89. The first-order valence-electron chi connectivity index (χ1n) is 11.0. The Morgan fingerprint density at radius 2 is 1.83 bits per heavy atom. The molecule has 2 aliphatic carbocycles. The summed E-state index contributed by atoms with van der Waals surface area (Å²) < 4.78 is 27.2. The molecule has 4 rings (SSSR count). The smallest absolute Gasteiger partial charge is 0.243 e. The molecule has 8 heteroatoms. The average Bonchev–Trinajstić information content (AvgIpc) is 3.50. The summed E-state index contributed by atoms with van der Waals surface area (Å²) in [6, 6.07) is 5.14. The number of carbonyl (C=O) groups excluding carboxylic acids is 2. The molecule has 0 radical (unpaired) electrons. The van der Waals surface area contributed by atoms with Crippen LogP contribution in [0, 0.1) is 5.92 Å². The normalized spacial score (nSPS) is 22.2. The second kappa shape index (κ2) is 8.30. The number of fused-ring (bicyclic) bond motifs is 1. The second-order valence-corrected chi connectivity index (χ2v) is 11.0. The molecule has 0 aromatic heterocycles. The summed E-state index contributed by atoms with van der Waals surface area (Å²) in [6.07, 6.45) is 7.85. The average molecular weight is 434 g/mol. The van der Waals surface area contributed by atoms with Crippen LogP contribution in [0.25, 0.3) is 0 Å². The molecular weight excluding hydrogens is 402 g/mol. The first kappa shape index (κ1) is 21.3.